The van der Waals surface area contributed by atoms with Crippen LogP contribution in [0.3, 0.4) is 0 Å². The van der Waals surface area contributed by atoms with Crippen molar-refractivity contribution in [3.05, 3.63) is 29.8 Å². The van der Waals surface area contributed by atoms with Gasteiger partial charge >= 0.3 is 5.97 Å². The fourth-order valence-corrected chi connectivity index (χ4v) is 1.77. The predicted molar refractivity (Wildman–Crippen MR) is 55.1 cm³/mol. The maximum atomic E-state index is 12.9. The van der Waals surface area contributed by atoms with Crippen molar-refractivity contribution in [3.8, 4) is 0 Å². The summed E-state index contributed by atoms with van der Waals surface area (Å²) in [5.41, 5.74) is 1.15. The smallest absolute Gasteiger partial charge is 0.335 e. The lowest BCUT2D eigenvalue weighted by atomic mass is 10.2. The third-order valence-corrected chi connectivity index (χ3v) is 2.61. The second-order valence-electron chi connectivity index (χ2n) is 3.68. The molecule has 0 saturated carbocycles. The van der Waals surface area contributed by atoms with Gasteiger partial charge in [0.15, 0.2) is 0 Å². The summed E-state index contributed by atoms with van der Waals surface area (Å²) in [6.45, 7) is 1.11. The van der Waals surface area contributed by atoms with E-state index >= 15 is 0 Å². The molecule has 1 N–H and O–H groups in total. The van der Waals surface area contributed by atoms with Crippen molar-refractivity contribution >= 4 is 11.7 Å². The Hall–Kier alpha value is -1.58. The van der Waals surface area contributed by atoms with Crippen LogP contribution < -0.4 is 4.90 Å². The van der Waals surface area contributed by atoms with Crippen LogP contribution in [-0.4, -0.2) is 30.3 Å². The summed E-state index contributed by atoms with van der Waals surface area (Å²) in [7, 11) is 0. The molecule has 1 aromatic carbocycles. The predicted octanol–water partition coefficient (Wildman–Crippen LogP) is 1.93. The van der Waals surface area contributed by atoms with E-state index in [1.54, 1.807) is 24.3 Å². The molecular weight excluding hydrogens is 197 g/mol. The van der Waals surface area contributed by atoms with Gasteiger partial charge in [-0.3, -0.25) is 0 Å². The number of hydrogen-bond donors (Lipinski definition) is 1. The molecular formula is C11H12FNO2. The van der Waals surface area contributed by atoms with Crippen LogP contribution in [0.15, 0.2) is 24.3 Å². The number of hydrogen-bond acceptors (Lipinski definition) is 2. The Balaban J connectivity index is 2.13. The number of carboxylic acid groups (broad SMARTS) is 1. The highest BCUT2D eigenvalue weighted by molar-refractivity contribution is 5.88. The molecule has 1 saturated heterocycles. The van der Waals surface area contributed by atoms with Gasteiger partial charge in [-0.25, -0.2) is 9.18 Å². The molecule has 0 bridgehead atoms. The van der Waals surface area contributed by atoms with Gasteiger partial charge in [0.1, 0.15) is 6.17 Å². The van der Waals surface area contributed by atoms with Gasteiger partial charge in [-0.2, -0.15) is 0 Å². The number of aromatic carboxylic acids is 1. The van der Waals surface area contributed by atoms with Gasteiger partial charge in [-0.15, -0.1) is 0 Å². The van der Waals surface area contributed by atoms with Gasteiger partial charge in [0.05, 0.1) is 5.56 Å². The van der Waals surface area contributed by atoms with E-state index in [1.807, 2.05) is 4.90 Å². The van der Waals surface area contributed by atoms with Gasteiger partial charge in [0, 0.05) is 18.8 Å². The van der Waals surface area contributed by atoms with Crippen LogP contribution in [0, 0.1) is 0 Å². The molecule has 1 fully saturated rings. The van der Waals surface area contributed by atoms with E-state index in [4.69, 9.17) is 5.11 Å². The Kier molecular flexibility index (Phi) is 2.58. The molecule has 1 atom stereocenters. The van der Waals surface area contributed by atoms with Crippen LogP contribution in [-0.2, 0) is 0 Å². The number of carbonyl (C=O) groups is 1. The molecule has 1 aliphatic heterocycles. The first-order valence-corrected chi connectivity index (χ1v) is 4.89. The van der Waals surface area contributed by atoms with E-state index in [-0.39, 0.29) is 5.56 Å². The largest absolute Gasteiger partial charge is 0.478 e. The van der Waals surface area contributed by atoms with E-state index in [2.05, 4.69) is 0 Å². The average Bonchev–Trinajstić information content (AvgIpc) is 2.65. The highest BCUT2D eigenvalue weighted by Gasteiger charge is 2.21. The number of halogens is 1. The highest BCUT2D eigenvalue weighted by Crippen LogP contribution is 2.22. The average molecular weight is 209 g/mol. The molecule has 1 aromatic rings. The third kappa shape index (κ3) is 2.09. The van der Waals surface area contributed by atoms with Crippen LogP contribution in [0.25, 0.3) is 0 Å². The fraction of sp³-hybridized carbons (Fsp3) is 0.364. The molecule has 4 heteroatoms. The maximum absolute atomic E-state index is 12.9. The van der Waals surface area contributed by atoms with Crippen molar-refractivity contribution in [2.24, 2.45) is 0 Å². The lowest BCUT2D eigenvalue weighted by Crippen LogP contribution is -2.19. The second kappa shape index (κ2) is 3.88. The highest BCUT2D eigenvalue weighted by atomic mass is 19.1. The minimum absolute atomic E-state index is 0.259. The van der Waals surface area contributed by atoms with E-state index < -0.39 is 12.1 Å². The Morgan fingerprint density at radius 1 is 1.40 bits per heavy atom. The lowest BCUT2D eigenvalue weighted by molar-refractivity contribution is 0.0697. The molecule has 3 nitrogen and oxygen atoms in total. The molecule has 0 amide bonds. The van der Waals surface area contributed by atoms with E-state index in [9.17, 15) is 9.18 Å². The van der Waals surface area contributed by atoms with Gasteiger partial charge in [-0.05, 0) is 30.7 Å². The van der Waals surface area contributed by atoms with Gasteiger partial charge < -0.3 is 10.0 Å². The molecule has 0 spiro atoms. The van der Waals surface area contributed by atoms with Gasteiger partial charge in [0.25, 0.3) is 0 Å². The molecule has 0 unspecified atom stereocenters. The summed E-state index contributed by atoms with van der Waals surface area (Å²) in [4.78, 5) is 12.5. The van der Waals surface area contributed by atoms with Crippen LogP contribution >= 0.6 is 0 Å². The van der Waals surface area contributed by atoms with E-state index in [1.165, 1.54) is 0 Å². The lowest BCUT2D eigenvalue weighted by Gasteiger charge is -2.17. The normalized spacial score (nSPS) is 20.6. The number of alkyl halides is 1. The standard InChI is InChI=1S/C11H12FNO2/c12-9-5-6-13(7-9)10-3-1-8(2-4-10)11(14)15/h1-4,9H,5-7H2,(H,14,15)/t9-/m0/s1. The molecule has 0 aliphatic carbocycles. The first-order chi connectivity index (χ1) is 7.16. The van der Waals surface area contributed by atoms with Crippen LogP contribution in [0.1, 0.15) is 16.8 Å². The number of nitrogens with zero attached hydrogens (tertiary/aromatic N) is 1. The van der Waals surface area contributed by atoms with Crippen LogP contribution in [0.2, 0.25) is 0 Å². The molecule has 2 rings (SSSR count). The van der Waals surface area contributed by atoms with Crippen molar-refractivity contribution in [2.45, 2.75) is 12.6 Å². The van der Waals surface area contributed by atoms with Crippen molar-refractivity contribution in [3.63, 3.8) is 0 Å². The third-order valence-electron chi connectivity index (χ3n) is 2.61. The SMILES string of the molecule is O=C(O)c1ccc(N2CC[C@H](F)C2)cc1. The molecule has 1 heterocycles. The summed E-state index contributed by atoms with van der Waals surface area (Å²) >= 11 is 0. The fourth-order valence-electron chi connectivity index (χ4n) is 1.77. The van der Waals surface area contributed by atoms with E-state index in [0.717, 1.165) is 5.69 Å². The summed E-state index contributed by atoms with van der Waals surface area (Å²) in [5.74, 6) is -0.939. The first-order valence-electron chi connectivity index (χ1n) is 4.89. The monoisotopic (exact) mass is 209 g/mol. The number of rotatable bonds is 2. The van der Waals surface area contributed by atoms with Crippen molar-refractivity contribution in [1.29, 1.82) is 0 Å². The zero-order valence-corrected chi connectivity index (χ0v) is 8.19. The maximum Gasteiger partial charge on any atom is 0.335 e. The van der Waals surface area contributed by atoms with Crippen molar-refractivity contribution in [1.82, 2.24) is 0 Å². The van der Waals surface area contributed by atoms with Crippen LogP contribution in [0.4, 0.5) is 10.1 Å². The van der Waals surface area contributed by atoms with Gasteiger partial charge in [0.2, 0.25) is 0 Å². The summed E-state index contributed by atoms with van der Waals surface area (Å²) in [6, 6.07) is 6.54. The topological polar surface area (TPSA) is 40.5 Å². The van der Waals surface area contributed by atoms with E-state index in [0.29, 0.717) is 19.5 Å². The quantitative estimate of drug-likeness (QED) is 0.809. The number of anilines is 1. The van der Waals surface area contributed by atoms with Crippen LogP contribution in [0.5, 0.6) is 0 Å². The Bertz CT molecular complexity index is 363. The summed E-state index contributed by atoms with van der Waals surface area (Å²) < 4.78 is 12.9. The minimum atomic E-state index is -0.939. The second-order valence-corrected chi connectivity index (χ2v) is 3.68. The van der Waals surface area contributed by atoms with Crippen molar-refractivity contribution in [2.75, 3.05) is 18.0 Å². The zero-order valence-electron chi connectivity index (χ0n) is 8.19. The van der Waals surface area contributed by atoms with Crippen molar-refractivity contribution < 1.29 is 14.3 Å². The Morgan fingerprint density at radius 3 is 2.53 bits per heavy atom. The number of carboxylic acids is 1. The molecule has 0 aromatic heterocycles. The Labute approximate surface area is 87.1 Å². The summed E-state index contributed by atoms with van der Waals surface area (Å²) in [5, 5.41) is 8.71. The Morgan fingerprint density at radius 2 is 2.07 bits per heavy atom. The minimum Gasteiger partial charge on any atom is -0.478 e. The van der Waals surface area contributed by atoms with Gasteiger partial charge in [-0.1, -0.05) is 0 Å². The zero-order chi connectivity index (χ0) is 10.8. The summed E-state index contributed by atoms with van der Waals surface area (Å²) in [6.07, 6.45) is -0.204. The molecule has 80 valence electrons. The first kappa shape index (κ1) is 9.96. The molecule has 1 aliphatic rings. The molecule has 0 radical (unpaired) electrons. The molecule has 15 heavy (non-hydrogen) atoms. The number of benzene rings is 1.